The Morgan fingerprint density at radius 1 is 1.40 bits per heavy atom. The van der Waals surface area contributed by atoms with Crippen molar-refractivity contribution in [1.29, 1.82) is 0 Å². The predicted molar refractivity (Wildman–Crippen MR) is 63.8 cm³/mol. The van der Waals surface area contributed by atoms with Crippen molar-refractivity contribution in [3.8, 4) is 0 Å². The molecule has 0 amide bonds. The summed E-state index contributed by atoms with van der Waals surface area (Å²) in [6.07, 6.45) is 0.787. The molecule has 82 valence electrons. The molecule has 15 heavy (non-hydrogen) atoms. The van der Waals surface area contributed by atoms with Gasteiger partial charge in [0.1, 0.15) is 0 Å². The van der Waals surface area contributed by atoms with Crippen molar-refractivity contribution in [2.75, 3.05) is 0 Å². The second-order valence-corrected chi connectivity index (χ2v) is 4.75. The van der Waals surface area contributed by atoms with Crippen LogP contribution in [0.1, 0.15) is 19.4 Å². The van der Waals surface area contributed by atoms with Crippen LogP contribution in [-0.2, 0) is 11.2 Å². The molecule has 2 unspecified atom stereocenters. The molecule has 0 heterocycles. The van der Waals surface area contributed by atoms with Crippen LogP contribution in [0.4, 0.5) is 0 Å². The summed E-state index contributed by atoms with van der Waals surface area (Å²) < 4.78 is 1.05. The molecule has 1 N–H and O–H groups in total. The highest BCUT2D eigenvalue weighted by molar-refractivity contribution is 9.10. The molecule has 3 heteroatoms. The second kappa shape index (κ2) is 5.31. The SMILES string of the molecule is CC(Cc1ccccc1Br)C(C)C(=O)O. The molecule has 0 aliphatic heterocycles. The van der Waals surface area contributed by atoms with E-state index in [9.17, 15) is 4.79 Å². The van der Waals surface area contributed by atoms with Gasteiger partial charge in [0.15, 0.2) is 0 Å². The van der Waals surface area contributed by atoms with Crippen molar-refractivity contribution >= 4 is 21.9 Å². The largest absolute Gasteiger partial charge is 0.481 e. The number of rotatable bonds is 4. The van der Waals surface area contributed by atoms with Crippen LogP contribution in [0.15, 0.2) is 28.7 Å². The summed E-state index contributed by atoms with van der Waals surface area (Å²) in [4.78, 5) is 10.8. The molecule has 0 aliphatic carbocycles. The average molecular weight is 271 g/mol. The van der Waals surface area contributed by atoms with E-state index < -0.39 is 5.97 Å². The molecule has 0 aliphatic rings. The van der Waals surface area contributed by atoms with Crippen molar-refractivity contribution in [2.45, 2.75) is 20.3 Å². The molecule has 1 aromatic rings. The van der Waals surface area contributed by atoms with Gasteiger partial charge in [0, 0.05) is 4.47 Å². The van der Waals surface area contributed by atoms with Gasteiger partial charge in [-0.3, -0.25) is 4.79 Å². The quantitative estimate of drug-likeness (QED) is 0.911. The number of carbonyl (C=O) groups is 1. The molecule has 2 atom stereocenters. The van der Waals surface area contributed by atoms with Gasteiger partial charge in [-0.2, -0.15) is 0 Å². The third kappa shape index (κ3) is 3.34. The van der Waals surface area contributed by atoms with Gasteiger partial charge < -0.3 is 5.11 Å². The average Bonchev–Trinajstić information content (AvgIpc) is 2.20. The van der Waals surface area contributed by atoms with Crippen molar-refractivity contribution in [1.82, 2.24) is 0 Å². The summed E-state index contributed by atoms with van der Waals surface area (Å²) in [7, 11) is 0. The fourth-order valence-corrected chi connectivity index (χ4v) is 1.88. The van der Waals surface area contributed by atoms with E-state index in [0.717, 1.165) is 16.5 Å². The van der Waals surface area contributed by atoms with Gasteiger partial charge in [0.25, 0.3) is 0 Å². The Balaban J connectivity index is 2.70. The monoisotopic (exact) mass is 270 g/mol. The number of hydrogen-bond donors (Lipinski definition) is 1. The van der Waals surface area contributed by atoms with E-state index >= 15 is 0 Å². The normalized spacial score (nSPS) is 14.6. The summed E-state index contributed by atoms with van der Waals surface area (Å²) in [5.74, 6) is -0.896. The van der Waals surface area contributed by atoms with Crippen molar-refractivity contribution in [3.05, 3.63) is 34.3 Å². The number of aliphatic carboxylic acids is 1. The standard InChI is InChI=1S/C12H15BrO2/c1-8(9(2)12(14)15)7-10-5-3-4-6-11(10)13/h3-6,8-9H,7H2,1-2H3,(H,14,15). The zero-order valence-corrected chi connectivity index (χ0v) is 10.5. The molecule has 0 bridgehead atoms. The third-order valence-corrected chi connectivity index (χ3v) is 3.52. The minimum absolute atomic E-state index is 0.140. The maximum absolute atomic E-state index is 10.8. The van der Waals surface area contributed by atoms with Crippen LogP contribution >= 0.6 is 15.9 Å². The Morgan fingerprint density at radius 3 is 2.53 bits per heavy atom. The topological polar surface area (TPSA) is 37.3 Å². The summed E-state index contributed by atoms with van der Waals surface area (Å²) in [5.41, 5.74) is 1.16. The number of carboxylic acids is 1. The molecular formula is C12H15BrO2. The summed E-state index contributed by atoms with van der Waals surface area (Å²) in [6.45, 7) is 3.72. The zero-order valence-electron chi connectivity index (χ0n) is 8.90. The molecule has 0 fully saturated rings. The van der Waals surface area contributed by atoms with Crippen LogP contribution < -0.4 is 0 Å². The smallest absolute Gasteiger partial charge is 0.306 e. The molecule has 0 aromatic heterocycles. The van der Waals surface area contributed by atoms with Crippen LogP contribution in [0, 0.1) is 11.8 Å². The number of halogens is 1. The summed E-state index contributed by atoms with van der Waals surface area (Å²) in [5, 5.41) is 8.89. The first-order valence-electron chi connectivity index (χ1n) is 4.98. The van der Waals surface area contributed by atoms with E-state index in [2.05, 4.69) is 15.9 Å². The molecule has 0 radical (unpaired) electrons. The number of hydrogen-bond acceptors (Lipinski definition) is 1. The predicted octanol–water partition coefficient (Wildman–Crippen LogP) is 3.35. The van der Waals surface area contributed by atoms with Crippen molar-refractivity contribution < 1.29 is 9.90 Å². The first-order chi connectivity index (χ1) is 7.02. The molecule has 1 aromatic carbocycles. The van der Waals surface area contributed by atoms with E-state index in [1.165, 1.54) is 0 Å². The Bertz CT molecular complexity index is 349. The lowest BCUT2D eigenvalue weighted by Crippen LogP contribution is -2.20. The second-order valence-electron chi connectivity index (χ2n) is 3.90. The molecule has 0 spiro atoms. The molecule has 1 rings (SSSR count). The van der Waals surface area contributed by atoms with Gasteiger partial charge in [0.05, 0.1) is 5.92 Å². The highest BCUT2D eigenvalue weighted by Gasteiger charge is 2.19. The minimum Gasteiger partial charge on any atom is -0.481 e. The Hall–Kier alpha value is -0.830. The molecule has 0 saturated carbocycles. The first kappa shape index (κ1) is 12.2. The maximum atomic E-state index is 10.8. The molecule has 0 saturated heterocycles. The lowest BCUT2D eigenvalue weighted by Gasteiger charge is -2.16. The van der Waals surface area contributed by atoms with E-state index in [1.54, 1.807) is 6.92 Å². The third-order valence-electron chi connectivity index (χ3n) is 2.74. The highest BCUT2D eigenvalue weighted by atomic mass is 79.9. The minimum atomic E-state index is -0.727. The van der Waals surface area contributed by atoms with Gasteiger partial charge in [0.2, 0.25) is 0 Å². The van der Waals surface area contributed by atoms with Gasteiger partial charge >= 0.3 is 5.97 Å². The van der Waals surface area contributed by atoms with Gasteiger partial charge in [-0.15, -0.1) is 0 Å². The number of benzene rings is 1. The van der Waals surface area contributed by atoms with E-state index in [0.29, 0.717) is 0 Å². The van der Waals surface area contributed by atoms with E-state index in [-0.39, 0.29) is 11.8 Å². The van der Waals surface area contributed by atoms with Gasteiger partial charge in [-0.25, -0.2) is 0 Å². The van der Waals surface area contributed by atoms with Crippen molar-refractivity contribution in [3.63, 3.8) is 0 Å². The van der Waals surface area contributed by atoms with Crippen LogP contribution in [-0.4, -0.2) is 11.1 Å². The van der Waals surface area contributed by atoms with Gasteiger partial charge in [-0.05, 0) is 24.0 Å². The molecule has 2 nitrogen and oxygen atoms in total. The van der Waals surface area contributed by atoms with Crippen LogP contribution in [0.5, 0.6) is 0 Å². The van der Waals surface area contributed by atoms with Crippen LogP contribution in [0.25, 0.3) is 0 Å². The number of carboxylic acid groups (broad SMARTS) is 1. The van der Waals surface area contributed by atoms with E-state index in [1.807, 2.05) is 31.2 Å². The Morgan fingerprint density at radius 2 is 2.00 bits per heavy atom. The van der Waals surface area contributed by atoms with Crippen LogP contribution in [0.3, 0.4) is 0 Å². The molecular weight excluding hydrogens is 256 g/mol. The van der Waals surface area contributed by atoms with Crippen LogP contribution in [0.2, 0.25) is 0 Å². The summed E-state index contributed by atoms with van der Waals surface area (Å²) in [6, 6.07) is 7.93. The highest BCUT2D eigenvalue weighted by Crippen LogP contribution is 2.23. The van der Waals surface area contributed by atoms with Crippen molar-refractivity contribution in [2.24, 2.45) is 11.8 Å². The maximum Gasteiger partial charge on any atom is 0.306 e. The lowest BCUT2D eigenvalue weighted by atomic mass is 9.90. The van der Waals surface area contributed by atoms with E-state index in [4.69, 9.17) is 5.11 Å². The van der Waals surface area contributed by atoms with Gasteiger partial charge in [-0.1, -0.05) is 48.0 Å². The Labute approximate surface area is 98.4 Å². The lowest BCUT2D eigenvalue weighted by molar-refractivity contribution is -0.142. The summed E-state index contributed by atoms with van der Waals surface area (Å²) >= 11 is 3.46. The first-order valence-corrected chi connectivity index (χ1v) is 5.78. The fraction of sp³-hybridized carbons (Fsp3) is 0.417. The zero-order chi connectivity index (χ0) is 11.4. The fourth-order valence-electron chi connectivity index (χ4n) is 1.43. The Kier molecular flexibility index (Phi) is 4.33.